The van der Waals surface area contributed by atoms with Crippen molar-refractivity contribution in [1.82, 2.24) is 15.5 Å². The van der Waals surface area contributed by atoms with Crippen LogP contribution in [0, 0.1) is 23.7 Å². The van der Waals surface area contributed by atoms with Crippen LogP contribution in [0.25, 0.3) is 0 Å². The number of guanidine groups is 1. The van der Waals surface area contributed by atoms with E-state index in [1.807, 2.05) is 6.92 Å². The first-order chi connectivity index (χ1) is 13.7. The van der Waals surface area contributed by atoms with E-state index in [0.29, 0.717) is 45.4 Å². The number of fused-ring (bicyclic) bond motifs is 5. The molecule has 2 fully saturated rings. The van der Waals surface area contributed by atoms with E-state index in [9.17, 15) is 9.59 Å². The Kier molecular flexibility index (Phi) is 9.84. The van der Waals surface area contributed by atoms with Gasteiger partial charge in [0.05, 0.1) is 25.0 Å². The molecule has 2 amide bonds. The van der Waals surface area contributed by atoms with Crippen molar-refractivity contribution in [2.24, 2.45) is 28.7 Å². The van der Waals surface area contributed by atoms with Gasteiger partial charge in [-0.1, -0.05) is 12.2 Å². The maximum atomic E-state index is 12.7. The van der Waals surface area contributed by atoms with Crippen LogP contribution in [-0.4, -0.2) is 75.8 Å². The van der Waals surface area contributed by atoms with Crippen LogP contribution < -0.4 is 10.6 Å². The fourth-order valence-electron chi connectivity index (χ4n) is 4.41. The Labute approximate surface area is 189 Å². The van der Waals surface area contributed by atoms with Crippen molar-refractivity contribution in [2.45, 2.75) is 19.8 Å². The van der Waals surface area contributed by atoms with Gasteiger partial charge in [0.1, 0.15) is 0 Å². The second-order valence-corrected chi connectivity index (χ2v) is 7.47. The largest absolute Gasteiger partial charge is 0.382 e. The van der Waals surface area contributed by atoms with Crippen molar-refractivity contribution in [3.05, 3.63) is 12.2 Å². The summed E-state index contributed by atoms with van der Waals surface area (Å²) in [6.07, 6.45) is 6.02. The van der Waals surface area contributed by atoms with Crippen molar-refractivity contribution < 1.29 is 19.1 Å². The normalized spacial score (nSPS) is 27.4. The number of hydrogen-bond acceptors (Lipinski definition) is 5. The first-order valence-electron chi connectivity index (χ1n) is 10.3. The van der Waals surface area contributed by atoms with Gasteiger partial charge in [-0.2, -0.15) is 0 Å². The van der Waals surface area contributed by atoms with E-state index < -0.39 is 0 Å². The molecule has 2 bridgehead atoms. The van der Waals surface area contributed by atoms with Gasteiger partial charge in [-0.3, -0.25) is 19.5 Å². The minimum atomic E-state index is -0.123. The fraction of sp³-hybridized carbons (Fsp3) is 0.750. The summed E-state index contributed by atoms with van der Waals surface area (Å²) >= 11 is 0. The fourth-order valence-corrected chi connectivity index (χ4v) is 4.41. The molecule has 29 heavy (non-hydrogen) atoms. The van der Waals surface area contributed by atoms with Gasteiger partial charge in [-0.15, -0.1) is 24.0 Å². The van der Waals surface area contributed by atoms with Crippen LogP contribution in [0.1, 0.15) is 19.8 Å². The monoisotopic (exact) mass is 520 g/mol. The molecular weight excluding hydrogens is 487 g/mol. The van der Waals surface area contributed by atoms with Crippen LogP contribution in [0.4, 0.5) is 0 Å². The molecule has 4 unspecified atom stereocenters. The van der Waals surface area contributed by atoms with Gasteiger partial charge in [0.25, 0.3) is 0 Å². The standard InChI is InChI=1S/C20H32N4O4.HI/c1-3-21-20(22-7-4-10-28-12-11-27-2)23-8-9-24-18(25)16-14-5-6-15(13-14)17(16)19(24)26;/h5-6,14-17H,3-4,7-13H2,1-2H3,(H2,21,22,23);1H. The number of carbonyl (C=O) groups excluding carboxylic acids is 2. The van der Waals surface area contributed by atoms with Gasteiger partial charge in [0.15, 0.2) is 5.96 Å². The van der Waals surface area contributed by atoms with Crippen LogP contribution in [0.2, 0.25) is 0 Å². The molecule has 0 aromatic rings. The first kappa shape index (κ1) is 24.1. The third kappa shape index (κ3) is 5.69. The van der Waals surface area contributed by atoms with Crippen molar-refractivity contribution in [1.29, 1.82) is 0 Å². The number of amides is 2. The van der Waals surface area contributed by atoms with Crippen LogP contribution in [0.15, 0.2) is 17.1 Å². The third-order valence-corrected chi connectivity index (χ3v) is 5.68. The molecule has 3 rings (SSSR count). The second-order valence-electron chi connectivity index (χ2n) is 7.47. The lowest BCUT2D eigenvalue weighted by Gasteiger charge is -2.18. The van der Waals surface area contributed by atoms with Crippen molar-refractivity contribution in [2.75, 3.05) is 53.1 Å². The molecule has 1 saturated carbocycles. The third-order valence-electron chi connectivity index (χ3n) is 5.68. The molecule has 8 nitrogen and oxygen atoms in total. The summed E-state index contributed by atoms with van der Waals surface area (Å²) in [5.41, 5.74) is 0. The Morgan fingerprint density at radius 3 is 2.45 bits per heavy atom. The molecule has 1 aliphatic heterocycles. The number of carbonyl (C=O) groups is 2. The molecule has 1 saturated heterocycles. The van der Waals surface area contributed by atoms with Crippen LogP contribution in [0.3, 0.4) is 0 Å². The summed E-state index contributed by atoms with van der Waals surface area (Å²) in [6, 6.07) is 0. The molecule has 0 radical (unpaired) electrons. The van der Waals surface area contributed by atoms with Gasteiger partial charge < -0.3 is 20.1 Å². The van der Waals surface area contributed by atoms with Gasteiger partial charge in [0, 0.05) is 39.9 Å². The Morgan fingerprint density at radius 2 is 1.83 bits per heavy atom. The molecule has 2 N–H and O–H groups in total. The lowest BCUT2D eigenvalue weighted by molar-refractivity contribution is -0.140. The lowest BCUT2D eigenvalue weighted by atomic mass is 9.85. The molecule has 9 heteroatoms. The summed E-state index contributed by atoms with van der Waals surface area (Å²) in [4.78, 5) is 31.3. The predicted octanol–water partition coefficient (Wildman–Crippen LogP) is 1.02. The number of rotatable bonds is 11. The molecule has 164 valence electrons. The van der Waals surface area contributed by atoms with E-state index in [4.69, 9.17) is 9.47 Å². The van der Waals surface area contributed by atoms with Crippen molar-refractivity contribution >= 4 is 41.8 Å². The Bertz CT molecular complexity index is 598. The highest BCUT2D eigenvalue weighted by Gasteiger charge is 2.58. The van der Waals surface area contributed by atoms with E-state index in [2.05, 4.69) is 27.8 Å². The average molecular weight is 520 g/mol. The maximum Gasteiger partial charge on any atom is 0.233 e. The van der Waals surface area contributed by atoms with Crippen molar-refractivity contribution in [3.8, 4) is 0 Å². The Balaban J connectivity index is 0.00000300. The first-order valence-corrected chi connectivity index (χ1v) is 10.3. The van der Waals surface area contributed by atoms with Crippen LogP contribution in [0.5, 0.6) is 0 Å². The number of likely N-dealkylation sites (tertiary alicyclic amines) is 1. The molecule has 4 atom stereocenters. The number of aliphatic imine (C=N–C) groups is 1. The smallest absolute Gasteiger partial charge is 0.233 e. The molecule has 3 aliphatic rings. The summed E-state index contributed by atoms with van der Waals surface area (Å²) in [7, 11) is 1.65. The Hall–Kier alpha value is -1.20. The number of ether oxygens (including phenoxy) is 2. The lowest BCUT2D eigenvalue weighted by Crippen LogP contribution is -2.43. The van der Waals surface area contributed by atoms with E-state index in [1.54, 1.807) is 7.11 Å². The van der Waals surface area contributed by atoms with Gasteiger partial charge in [0.2, 0.25) is 11.8 Å². The van der Waals surface area contributed by atoms with Crippen LogP contribution in [-0.2, 0) is 19.1 Å². The highest BCUT2D eigenvalue weighted by Crippen LogP contribution is 2.52. The molecule has 2 aliphatic carbocycles. The zero-order valence-corrected chi connectivity index (χ0v) is 19.6. The highest BCUT2D eigenvalue weighted by atomic mass is 127. The molecule has 0 spiro atoms. The number of imide groups is 1. The molecular formula is C20H33IN4O4. The van der Waals surface area contributed by atoms with E-state index in [-0.39, 0.29) is 59.5 Å². The van der Waals surface area contributed by atoms with E-state index in [1.165, 1.54) is 4.90 Å². The average Bonchev–Trinajstić information content (AvgIpc) is 3.36. The number of methoxy groups -OCH3 is 1. The van der Waals surface area contributed by atoms with Gasteiger partial charge in [-0.25, -0.2) is 0 Å². The maximum absolute atomic E-state index is 12.7. The number of halogens is 1. The number of hydrogen-bond donors (Lipinski definition) is 2. The molecule has 0 aromatic heterocycles. The van der Waals surface area contributed by atoms with E-state index >= 15 is 0 Å². The number of nitrogens with zero attached hydrogens (tertiary/aromatic N) is 2. The minimum Gasteiger partial charge on any atom is -0.382 e. The topological polar surface area (TPSA) is 92.3 Å². The summed E-state index contributed by atoms with van der Waals surface area (Å²) in [6.45, 7) is 6.10. The quantitative estimate of drug-likeness (QED) is 0.106. The SMILES string of the molecule is CCNC(=NCCCOCCOC)NCCN1C(=O)C2C3C=CC(C3)C2C1=O.I. The highest BCUT2D eigenvalue weighted by molar-refractivity contribution is 14.0. The zero-order valence-electron chi connectivity index (χ0n) is 17.3. The number of nitrogens with one attached hydrogen (secondary N) is 2. The predicted molar refractivity (Wildman–Crippen MR) is 121 cm³/mol. The Morgan fingerprint density at radius 1 is 1.14 bits per heavy atom. The van der Waals surface area contributed by atoms with Gasteiger partial charge >= 0.3 is 0 Å². The van der Waals surface area contributed by atoms with E-state index in [0.717, 1.165) is 19.4 Å². The van der Waals surface area contributed by atoms with Crippen molar-refractivity contribution in [3.63, 3.8) is 0 Å². The molecule has 0 aromatic carbocycles. The van der Waals surface area contributed by atoms with Gasteiger partial charge in [-0.05, 0) is 31.6 Å². The van der Waals surface area contributed by atoms with Crippen LogP contribution >= 0.6 is 24.0 Å². The zero-order chi connectivity index (χ0) is 19.9. The number of allylic oxidation sites excluding steroid dienone is 2. The summed E-state index contributed by atoms with van der Waals surface area (Å²) < 4.78 is 10.4. The second kappa shape index (κ2) is 11.8. The summed E-state index contributed by atoms with van der Waals surface area (Å²) in [5, 5.41) is 6.41. The minimum absolute atomic E-state index is 0. The molecule has 1 heterocycles. The summed E-state index contributed by atoms with van der Waals surface area (Å²) in [5.74, 6) is 0.974.